The maximum atomic E-state index is 12.2. The summed E-state index contributed by atoms with van der Waals surface area (Å²) in [6.45, 7) is 0. The molecule has 0 spiro atoms. The Morgan fingerprint density at radius 2 is 2.05 bits per heavy atom. The quantitative estimate of drug-likeness (QED) is 0.909. The summed E-state index contributed by atoms with van der Waals surface area (Å²) in [5, 5.41) is 11.8. The molecule has 7 nitrogen and oxygen atoms in total. The number of halogens is 2. The van der Waals surface area contributed by atoms with Crippen molar-refractivity contribution in [3.05, 3.63) is 40.0 Å². The van der Waals surface area contributed by atoms with Gasteiger partial charge in [-0.1, -0.05) is 28.4 Å². The Balaban J connectivity index is 2.53. The van der Waals surface area contributed by atoms with E-state index in [4.69, 9.17) is 28.3 Å². The Morgan fingerprint density at radius 3 is 2.60 bits per heavy atom. The number of hydrogen-bond acceptors (Lipinski definition) is 6. The fourth-order valence-electron chi connectivity index (χ4n) is 1.47. The van der Waals surface area contributed by atoms with Crippen molar-refractivity contribution in [1.82, 2.24) is 10.1 Å². The summed E-state index contributed by atoms with van der Waals surface area (Å²) in [5.41, 5.74) is -0.470. The van der Waals surface area contributed by atoms with Gasteiger partial charge in [0.2, 0.25) is 6.39 Å². The van der Waals surface area contributed by atoms with E-state index in [9.17, 15) is 13.2 Å². The van der Waals surface area contributed by atoms with Gasteiger partial charge in [-0.25, -0.2) is 13.2 Å². The van der Waals surface area contributed by atoms with Crippen LogP contribution in [0, 0.1) is 0 Å². The van der Waals surface area contributed by atoms with Crippen LogP contribution in [0.25, 0.3) is 0 Å². The first-order valence-electron chi connectivity index (χ1n) is 5.02. The zero-order valence-corrected chi connectivity index (χ0v) is 11.9. The van der Waals surface area contributed by atoms with E-state index in [1.807, 2.05) is 0 Å². The minimum Gasteiger partial charge on any atom is -0.478 e. The van der Waals surface area contributed by atoms with Crippen molar-refractivity contribution in [3.63, 3.8) is 0 Å². The molecule has 10 heteroatoms. The van der Waals surface area contributed by atoms with Crippen LogP contribution in [0.15, 0.2) is 27.9 Å². The van der Waals surface area contributed by atoms with Gasteiger partial charge in [0.05, 0.1) is 20.5 Å². The average molecular weight is 337 g/mol. The minimum absolute atomic E-state index is 0.0621. The number of sulfone groups is 1. The highest BCUT2D eigenvalue weighted by Gasteiger charge is 2.26. The number of aromatic nitrogens is 2. The molecule has 1 N–H and O–H groups in total. The molecule has 2 aromatic rings. The van der Waals surface area contributed by atoms with Crippen LogP contribution in [-0.2, 0) is 15.6 Å². The molecule has 1 aromatic carbocycles. The molecule has 0 aliphatic rings. The van der Waals surface area contributed by atoms with Crippen LogP contribution < -0.4 is 0 Å². The number of hydrogen-bond donors (Lipinski definition) is 1. The number of carboxylic acid groups (broad SMARTS) is 1. The molecule has 0 amide bonds. The SMILES string of the molecule is O=C(O)c1c(Cl)ccc(S(=O)(=O)Cc2ncon2)c1Cl. The first-order valence-corrected chi connectivity index (χ1v) is 7.43. The highest BCUT2D eigenvalue weighted by Crippen LogP contribution is 2.32. The second kappa shape index (κ2) is 5.39. The lowest BCUT2D eigenvalue weighted by molar-refractivity contribution is 0.0697. The largest absolute Gasteiger partial charge is 0.478 e. The van der Waals surface area contributed by atoms with Crippen LogP contribution in [0.3, 0.4) is 0 Å². The molecule has 1 heterocycles. The molecule has 0 radical (unpaired) electrons. The second-order valence-corrected chi connectivity index (χ2v) is 6.39. The van der Waals surface area contributed by atoms with Crippen LogP contribution in [0.2, 0.25) is 10.0 Å². The van der Waals surface area contributed by atoms with Crippen molar-refractivity contribution in [2.75, 3.05) is 0 Å². The summed E-state index contributed by atoms with van der Waals surface area (Å²) < 4.78 is 28.8. The van der Waals surface area contributed by atoms with Crippen molar-refractivity contribution in [1.29, 1.82) is 0 Å². The molecule has 0 atom stereocenters. The lowest BCUT2D eigenvalue weighted by Gasteiger charge is -2.08. The molecule has 0 saturated heterocycles. The maximum Gasteiger partial charge on any atom is 0.338 e. The van der Waals surface area contributed by atoms with Crippen LogP contribution in [-0.4, -0.2) is 29.6 Å². The second-order valence-electron chi connectivity index (χ2n) is 3.65. The summed E-state index contributed by atoms with van der Waals surface area (Å²) in [7, 11) is -3.93. The Kier molecular flexibility index (Phi) is 3.98. The molecule has 0 bridgehead atoms. The van der Waals surface area contributed by atoms with Gasteiger partial charge in [-0.2, -0.15) is 4.98 Å². The summed E-state index contributed by atoms with van der Waals surface area (Å²) in [6, 6.07) is 2.28. The number of carbonyl (C=O) groups is 1. The number of rotatable bonds is 4. The summed E-state index contributed by atoms with van der Waals surface area (Å²) in [4.78, 5) is 14.3. The van der Waals surface area contributed by atoms with E-state index in [1.165, 1.54) is 0 Å². The van der Waals surface area contributed by atoms with E-state index in [2.05, 4.69) is 14.7 Å². The van der Waals surface area contributed by atoms with E-state index in [0.717, 1.165) is 18.5 Å². The summed E-state index contributed by atoms with van der Waals surface area (Å²) in [6.07, 6.45) is 0.983. The van der Waals surface area contributed by atoms with Gasteiger partial charge in [0.25, 0.3) is 0 Å². The molecule has 106 valence electrons. The number of benzene rings is 1. The van der Waals surface area contributed by atoms with Crippen molar-refractivity contribution in [2.24, 2.45) is 0 Å². The van der Waals surface area contributed by atoms with Crippen molar-refractivity contribution in [3.8, 4) is 0 Å². The Labute approximate surface area is 123 Å². The van der Waals surface area contributed by atoms with E-state index >= 15 is 0 Å². The fourth-order valence-corrected chi connectivity index (χ4v) is 3.63. The van der Waals surface area contributed by atoms with Gasteiger partial charge < -0.3 is 9.63 Å². The standard InChI is InChI=1S/C10H6Cl2N2O5S/c11-5-1-2-6(9(12)8(5)10(15)16)20(17,18)3-7-13-4-19-14-7/h1-2,4H,3H2,(H,15,16). The Bertz CT molecular complexity index is 758. The van der Waals surface area contributed by atoms with Gasteiger partial charge >= 0.3 is 5.97 Å². The highest BCUT2D eigenvalue weighted by atomic mass is 35.5. The van der Waals surface area contributed by atoms with E-state index < -0.39 is 32.1 Å². The smallest absolute Gasteiger partial charge is 0.338 e. The van der Waals surface area contributed by atoms with Crippen molar-refractivity contribution < 1.29 is 22.8 Å². The lowest BCUT2D eigenvalue weighted by Crippen LogP contribution is -2.10. The highest BCUT2D eigenvalue weighted by molar-refractivity contribution is 7.90. The topological polar surface area (TPSA) is 110 Å². The normalized spacial score (nSPS) is 11.5. The van der Waals surface area contributed by atoms with E-state index in [0.29, 0.717) is 0 Å². The Hall–Kier alpha value is -1.64. The number of nitrogens with zero attached hydrogens (tertiary/aromatic N) is 2. The van der Waals surface area contributed by atoms with Gasteiger partial charge in [-0.3, -0.25) is 0 Å². The summed E-state index contributed by atoms with van der Waals surface area (Å²) in [5.74, 6) is -2.05. The van der Waals surface area contributed by atoms with Gasteiger partial charge in [0, 0.05) is 0 Å². The Morgan fingerprint density at radius 1 is 1.35 bits per heavy atom. The first-order chi connectivity index (χ1) is 9.33. The predicted octanol–water partition coefficient (Wildman–Crippen LogP) is 2.05. The molecular weight excluding hydrogens is 331 g/mol. The molecule has 0 aliphatic heterocycles. The van der Waals surface area contributed by atoms with Crippen molar-refractivity contribution in [2.45, 2.75) is 10.6 Å². The number of carboxylic acids is 1. The van der Waals surface area contributed by atoms with Crippen LogP contribution in [0.4, 0.5) is 0 Å². The lowest BCUT2D eigenvalue weighted by atomic mass is 10.2. The number of aromatic carboxylic acids is 1. The van der Waals surface area contributed by atoms with Gasteiger partial charge in [-0.05, 0) is 12.1 Å². The van der Waals surface area contributed by atoms with Crippen LogP contribution >= 0.6 is 23.2 Å². The van der Waals surface area contributed by atoms with E-state index in [1.54, 1.807) is 0 Å². The van der Waals surface area contributed by atoms with Gasteiger partial charge in [-0.15, -0.1) is 0 Å². The fraction of sp³-hybridized carbons (Fsp3) is 0.100. The molecule has 0 unspecified atom stereocenters. The van der Waals surface area contributed by atoms with Gasteiger partial charge in [0.15, 0.2) is 15.7 Å². The van der Waals surface area contributed by atoms with E-state index in [-0.39, 0.29) is 15.7 Å². The summed E-state index contributed by atoms with van der Waals surface area (Å²) >= 11 is 11.5. The van der Waals surface area contributed by atoms with Crippen LogP contribution in [0.1, 0.15) is 16.2 Å². The molecular formula is C10H6Cl2N2O5S. The third kappa shape index (κ3) is 2.77. The maximum absolute atomic E-state index is 12.2. The van der Waals surface area contributed by atoms with Gasteiger partial charge in [0.1, 0.15) is 5.75 Å². The molecule has 0 saturated carbocycles. The molecule has 0 fully saturated rings. The molecule has 0 aliphatic carbocycles. The monoisotopic (exact) mass is 336 g/mol. The third-order valence-corrected chi connectivity index (χ3v) is 4.80. The zero-order chi connectivity index (χ0) is 14.9. The average Bonchev–Trinajstić information content (AvgIpc) is 2.79. The minimum atomic E-state index is -3.93. The van der Waals surface area contributed by atoms with Crippen molar-refractivity contribution >= 4 is 39.0 Å². The zero-order valence-electron chi connectivity index (χ0n) is 9.58. The molecule has 20 heavy (non-hydrogen) atoms. The third-order valence-electron chi connectivity index (χ3n) is 2.33. The molecule has 2 rings (SSSR count). The van der Waals surface area contributed by atoms with Crippen LogP contribution in [0.5, 0.6) is 0 Å². The molecule has 1 aromatic heterocycles. The predicted molar refractivity (Wildman–Crippen MR) is 68.6 cm³/mol. The first kappa shape index (κ1) is 14.8.